The molecule has 2 atom stereocenters. The van der Waals surface area contributed by atoms with Crippen LogP contribution in [0.4, 0.5) is 11.4 Å². The van der Waals surface area contributed by atoms with Crippen LogP contribution in [-0.4, -0.2) is 5.25 Å². The van der Waals surface area contributed by atoms with Gasteiger partial charge in [-0.25, -0.2) is 0 Å². The number of hydrogen-bond acceptors (Lipinski definition) is 3. The number of aryl methyl sites for hydroxylation is 1. The van der Waals surface area contributed by atoms with Crippen LogP contribution < -0.4 is 4.90 Å². The third kappa shape index (κ3) is 5.66. The predicted octanol–water partition coefficient (Wildman–Crippen LogP) is 14.6. The molecular weight excluding hydrogens is 711 g/mol. The molecule has 1 aliphatic heterocycles. The summed E-state index contributed by atoms with van der Waals surface area (Å²) in [6.45, 7) is 6.88. The lowest BCUT2D eigenvalue weighted by Crippen LogP contribution is -2.23. The molecule has 274 valence electrons. The molecule has 2 heterocycles. The van der Waals surface area contributed by atoms with Crippen LogP contribution in [0.25, 0.3) is 49.7 Å². The van der Waals surface area contributed by atoms with Gasteiger partial charge in [0.2, 0.25) is 0 Å². The van der Waals surface area contributed by atoms with Crippen molar-refractivity contribution in [1.29, 1.82) is 0 Å². The van der Waals surface area contributed by atoms with Gasteiger partial charge in [-0.05, 0) is 105 Å². The van der Waals surface area contributed by atoms with E-state index in [1.807, 2.05) is 17.8 Å². The number of nitrogens with zero attached hydrogens (tertiary/aromatic N) is 1. The molecule has 0 fully saturated rings. The molecule has 2 nitrogen and oxygen atoms in total. The van der Waals surface area contributed by atoms with Gasteiger partial charge in [-0.3, -0.25) is 0 Å². The van der Waals surface area contributed by atoms with Crippen LogP contribution in [0, 0.1) is 0 Å². The molecule has 3 aliphatic carbocycles. The Labute approximate surface area is 338 Å². The molecule has 6 aromatic carbocycles. The van der Waals surface area contributed by atoms with Crippen molar-refractivity contribution in [3.63, 3.8) is 0 Å². The van der Waals surface area contributed by atoms with E-state index in [0.29, 0.717) is 5.92 Å². The Hall–Kier alpha value is -6.21. The summed E-state index contributed by atoms with van der Waals surface area (Å²) in [6, 6.07) is 42.8. The topological polar surface area (TPSA) is 16.4 Å². The average molecular weight is 752 g/mol. The molecule has 4 aliphatic rings. The molecule has 7 aromatic rings. The first-order chi connectivity index (χ1) is 27.9. The fourth-order valence-corrected chi connectivity index (χ4v) is 10.7. The van der Waals surface area contributed by atoms with Gasteiger partial charge in [0.15, 0.2) is 0 Å². The minimum absolute atomic E-state index is 0.0365. The Bertz CT molecular complexity index is 3070. The molecule has 0 amide bonds. The summed E-state index contributed by atoms with van der Waals surface area (Å²) in [7, 11) is 0. The van der Waals surface area contributed by atoms with Crippen molar-refractivity contribution in [3.05, 3.63) is 202 Å². The maximum Gasteiger partial charge on any atom is 0.135 e. The summed E-state index contributed by atoms with van der Waals surface area (Å²) in [5.74, 6) is 1.37. The van der Waals surface area contributed by atoms with E-state index in [4.69, 9.17) is 4.42 Å². The number of rotatable bonds is 5. The van der Waals surface area contributed by atoms with Crippen molar-refractivity contribution in [2.45, 2.75) is 55.1 Å². The lowest BCUT2D eigenvalue weighted by atomic mass is 9.82. The minimum atomic E-state index is -0.0365. The molecule has 0 saturated heterocycles. The summed E-state index contributed by atoms with van der Waals surface area (Å²) in [5, 5.41) is 6.35. The first-order valence-electron chi connectivity index (χ1n) is 20.0. The Morgan fingerprint density at radius 1 is 0.754 bits per heavy atom. The van der Waals surface area contributed by atoms with Gasteiger partial charge < -0.3 is 9.32 Å². The van der Waals surface area contributed by atoms with Gasteiger partial charge in [0, 0.05) is 55.8 Å². The van der Waals surface area contributed by atoms with E-state index in [-0.39, 0.29) is 10.7 Å². The maximum atomic E-state index is 6.65. The van der Waals surface area contributed by atoms with Crippen LogP contribution in [0.5, 0.6) is 0 Å². The van der Waals surface area contributed by atoms with Crippen LogP contribution in [0.15, 0.2) is 178 Å². The zero-order valence-corrected chi connectivity index (χ0v) is 33.2. The zero-order chi connectivity index (χ0) is 38.3. The summed E-state index contributed by atoms with van der Waals surface area (Å²) >= 11 is 2.01. The number of furan rings is 1. The standard InChI is InChI=1S/C54H41NOS/c1-54(2,3)38-25-28-47(44(32-38)34-14-5-4-6-15-34)55(39-26-29-49-46(33-39)45-30-36-17-7-8-18-37(36)31-50(45)56-49)48-27-24-35-16-9-10-19-40(35)52(48)43-22-13-21-42-41-20-11-12-23-51(41)57-53(42)43/h4-5,7-14,16-25,27-28,30-33,42,53H,26,29H2,1-3H3. The normalized spacial score (nSPS) is 18.1. The number of anilines is 2. The molecule has 0 radical (unpaired) electrons. The lowest BCUT2D eigenvalue weighted by Gasteiger charge is -2.36. The summed E-state index contributed by atoms with van der Waals surface area (Å²) in [5.41, 5.74) is 20.0. The van der Waals surface area contributed by atoms with E-state index in [2.05, 4.69) is 189 Å². The molecule has 0 N–H and O–H groups in total. The number of allylic oxidation sites excluding steroid dienone is 8. The molecule has 0 saturated carbocycles. The Morgan fingerprint density at radius 3 is 2.39 bits per heavy atom. The SMILES string of the molecule is CC(C)(C)c1ccc(N(C2=Cc3c(oc4cc5ccccc5cc34)CC2)c2ccc3ccccc3c2C2=CC=CC3c4ccccc4SC23)c(C2=C=C=CC=C2)c1. The molecule has 2 unspecified atom stereocenters. The molecule has 0 spiro atoms. The van der Waals surface area contributed by atoms with E-state index >= 15 is 0 Å². The van der Waals surface area contributed by atoms with Gasteiger partial charge in [-0.15, -0.1) is 11.8 Å². The fourth-order valence-electron chi connectivity index (χ4n) is 9.26. The first kappa shape index (κ1) is 34.1. The van der Waals surface area contributed by atoms with E-state index in [0.717, 1.165) is 46.4 Å². The Morgan fingerprint density at radius 2 is 1.54 bits per heavy atom. The average Bonchev–Trinajstić information content (AvgIpc) is 3.80. The fraction of sp³-hybridized carbons (Fsp3) is 0.148. The van der Waals surface area contributed by atoms with E-state index < -0.39 is 0 Å². The number of fused-ring (bicyclic) bond motifs is 8. The van der Waals surface area contributed by atoms with Crippen molar-refractivity contribution in [2.24, 2.45) is 0 Å². The van der Waals surface area contributed by atoms with Crippen LogP contribution in [0.2, 0.25) is 0 Å². The summed E-state index contributed by atoms with van der Waals surface area (Å²) < 4.78 is 6.65. The Kier molecular flexibility index (Phi) is 7.89. The Balaban J connectivity index is 1.20. The van der Waals surface area contributed by atoms with Gasteiger partial charge in [0.05, 0.1) is 11.4 Å². The van der Waals surface area contributed by atoms with Crippen LogP contribution in [0.1, 0.15) is 66.7 Å². The number of thioether (sulfide) groups is 1. The second-order valence-electron chi connectivity index (χ2n) is 16.6. The summed E-state index contributed by atoms with van der Waals surface area (Å²) in [4.78, 5) is 3.95. The maximum absolute atomic E-state index is 6.65. The van der Waals surface area contributed by atoms with E-state index in [1.54, 1.807) is 0 Å². The second kappa shape index (κ2) is 13.2. The van der Waals surface area contributed by atoms with Crippen molar-refractivity contribution in [1.82, 2.24) is 0 Å². The predicted molar refractivity (Wildman–Crippen MR) is 241 cm³/mol. The molecular formula is C54H41NOS. The molecule has 11 rings (SSSR count). The van der Waals surface area contributed by atoms with Crippen LogP contribution in [0.3, 0.4) is 0 Å². The van der Waals surface area contributed by atoms with Crippen LogP contribution in [-0.2, 0) is 11.8 Å². The monoisotopic (exact) mass is 751 g/mol. The zero-order valence-electron chi connectivity index (χ0n) is 32.3. The molecule has 0 bridgehead atoms. The lowest BCUT2D eigenvalue weighted by molar-refractivity contribution is 0.542. The van der Waals surface area contributed by atoms with Crippen molar-refractivity contribution in [3.8, 4) is 0 Å². The third-order valence-corrected chi connectivity index (χ3v) is 13.5. The van der Waals surface area contributed by atoms with Crippen molar-refractivity contribution >= 4 is 72.9 Å². The molecule has 57 heavy (non-hydrogen) atoms. The highest BCUT2D eigenvalue weighted by Crippen LogP contribution is 2.56. The van der Waals surface area contributed by atoms with Gasteiger partial charge in [-0.2, -0.15) is 0 Å². The molecule has 1 aromatic heterocycles. The van der Waals surface area contributed by atoms with Gasteiger partial charge in [0.1, 0.15) is 11.3 Å². The van der Waals surface area contributed by atoms with Gasteiger partial charge >= 0.3 is 0 Å². The van der Waals surface area contributed by atoms with Crippen molar-refractivity contribution in [2.75, 3.05) is 4.90 Å². The molecule has 3 heteroatoms. The quantitative estimate of drug-likeness (QED) is 0.163. The summed E-state index contributed by atoms with van der Waals surface area (Å²) in [6.07, 6.45) is 17.3. The van der Waals surface area contributed by atoms with Gasteiger partial charge in [-0.1, -0.05) is 135 Å². The van der Waals surface area contributed by atoms with Crippen LogP contribution >= 0.6 is 11.8 Å². The van der Waals surface area contributed by atoms with Gasteiger partial charge in [0.25, 0.3) is 0 Å². The number of benzene rings is 6. The highest BCUT2D eigenvalue weighted by Gasteiger charge is 2.38. The third-order valence-electron chi connectivity index (χ3n) is 12.1. The smallest absolute Gasteiger partial charge is 0.135 e. The van der Waals surface area contributed by atoms with E-state index in [9.17, 15) is 0 Å². The minimum Gasteiger partial charge on any atom is -0.460 e. The first-order valence-corrected chi connectivity index (χ1v) is 20.9. The second-order valence-corrected chi connectivity index (χ2v) is 17.8. The largest absolute Gasteiger partial charge is 0.460 e. The number of hydrogen-bond donors (Lipinski definition) is 0. The van der Waals surface area contributed by atoms with Crippen molar-refractivity contribution < 1.29 is 4.42 Å². The highest BCUT2D eigenvalue weighted by atomic mass is 32.2. The van der Waals surface area contributed by atoms with E-state index in [1.165, 1.54) is 65.7 Å². The highest BCUT2D eigenvalue weighted by molar-refractivity contribution is 8.00.